The summed E-state index contributed by atoms with van der Waals surface area (Å²) >= 11 is 0. The second-order valence-corrected chi connectivity index (χ2v) is 3.98. The van der Waals surface area contributed by atoms with E-state index in [9.17, 15) is 4.39 Å². The first-order chi connectivity index (χ1) is 8.75. The maximum Gasteiger partial charge on any atom is 0.123 e. The van der Waals surface area contributed by atoms with Crippen LogP contribution in [0.4, 0.5) is 4.39 Å². The van der Waals surface area contributed by atoms with Gasteiger partial charge in [0, 0.05) is 18.3 Å². The summed E-state index contributed by atoms with van der Waals surface area (Å²) in [4.78, 5) is 0. The minimum Gasteiger partial charge on any atom is -0.397 e. The van der Waals surface area contributed by atoms with E-state index in [1.54, 1.807) is 18.3 Å². The molecule has 3 N–H and O–H groups in total. The molecule has 3 heteroatoms. The molecule has 0 radical (unpaired) electrons. The molecule has 0 saturated carbocycles. The normalized spacial score (nSPS) is 11.3. The highest BCUT2D eigenvalue weighted by Gasteiger charge is 1.97. The predicted octanol–water partition coefficient (Wildman–Crippen LogP) is 2.87. The van der Waals surface area contributed by atoms with Gasteiger partial charge in [-0.05, 0) is 17.7 Å². The summed E-state index contributed by atoms with van der Waals surface area (Å²) in [6.07, 6.45) is 1.70. The molecule has 0 aromatic heterocycles. The third-order valence-corrected chi connectivity index (χ3v) is 2.56. The molecule has 2 rings (SSSR count). The van der Waals surface area contributed by atoms with Crippen molar-refractivity contribution in [1.29, 1.82) is 0 Å². The van der Waals surface area contributed by atoms with Gasteiger partial charge in [-0.2, -0.15) is 0 Å². The van der Waals surface area contributed by atoms with Crippen LogP contribution in [0, 0.1) is 5.82 Å². The molecular formula is C15H15FN2. The largest absolute Gasteiger partial charge is 0.397 e. The number of hydrogen-bond donors (Lipinski definition) is 2. The van der Waals surface area contributed by atoms with Crippen LogP contribution in [0.5, 0.6) is 0 Å². The third kappa shape index (κ3) is 3.35. The van der Waals surface area contributed by atoms with Crippen molar-refractivity contribution in [2.24, 2.45) is 5.73 Å². The number of benzene rings is 2. The Morgan fingerprint density at radius 2 is 1.89 bits per heavy atom. The van der Waals surface area contributed by atoms with E-state index < -0.39 is 0 Å². The van der Waals surface area contributed by atoms with Crippen LogP contribution in [0.15, 0.2) is 60.8 Å². The van der Waals surface area contributed by atoms with Crippen LogP contribution in [0.3, 0.4) is 0 Å². The molecular weight excluding hydrogens is 227 g/mol. The van der Waals surface area contributed by atoms with E-state index in [0.717, 1.165) is 0 Å². The van der Waals surface area contributed by atoms with E-state index in [1.807, 2.05) is 30.3 Å². The van der Waals surface area contributed by atoms with Gasteiger partial charge in [-0.25, -0.2) is 4.39 Å². The van der Waals surface area contributed by atoms with Gasteiger partial charge in [-0.15, -0.1) is 0 Å². The lowest BCUT2D eigenvalue weighted by atomic mass is 10.1. The average molecular weight is 242 g/mol. The highest BCUT2D eigenvalue weighted by molar-refractivity contribution is 5.62. The van der Waals surface area contributed by atoms with Crippen molar-refractivity contribution in [2.75, 3.05) is 0 Å². The number of nitrogens with two attached hydrogens (primary N) is 1. The topological polar surface area (TPSA) is 38.0 Å². The molecule has 92 valence electrons. The van der Waals surface area contributed by atoms with Crippen molar-refractivity contribution in [3.05, 3.63) is 77.7 Å². The fourth-order valence-corrected chi connectivity index (χ4v) is 1.63. The van der Waals surface area contributed by atoms with E-state index in [2.05, 4.69) is 5.32 Å². The Balaban J connectivity index is 1.97. The van der Waals surface area contributed by atoms with Gasteiger partial charge < -0.3 is 11.1 Å². The first-order valence-corrected chi connectivity index (χ1v) is 5.74. The van der Waals surface area contributed by atoms with Crippen LogP contribution < -0.4 is 11.1 Å². The summed E-state index contributed by atoms with van der Waals surface area (Å²) in [6, 6.07) is 16.2. The van der Waals surface area contributed by atoms with Gasteiger partial charge in [0.25, 0.3) is 0 Å². The van der Waals surface area contributed by atoms with Crippen molar-refractivity contribution in [1.82, 2.24) is 5.32 Å². The molecule has 0 fully saturated rings. The summed E-state index contributed by atoms with van der Waals surface area (Å²) in [5.41, 5.74) is 8.22. The maximum absolute atomic E-state index is 13.0. The van der Waals surface area contributed by atoms with Gasteiger partial charge in [0.1, 0.15) is 5.82 Å². The molecule has 0 aliphatic heterocycles. The fraction of sp³-hybridized carbons (Fsp3) is 0.0667. The summed E-state index contributed by atoms with van der Waals surface area (Å²) < 4.78 is 13.0. The standard InChI is InChI=1S/C15H15FN2/c16-14-8-4-7-13(9-14)15(17)11-18-10-12-5-2-1-3-6-12/h1-9,11,18H,10,17H2/b15-11-. The van der Waals surface area contributed by atoms with E-state index in [4.69, 9.17) is 5.73 Å². The summed E-state index contributed by atoms with van der Waals surface area (Å²) in [5.74, 6) is -0.285. The van der Waals surface area contributed by atoms with Crippen LogP contribution in [0.25, 0.3) is 5.70 Å². The predicted molar refractivity (Wildman–Crippen MR) is 71.8 cm³/mol. The highest BCUT2D eigenvalue weighted by atomic mass is 19.1. The summed E-state index contributed by atoms with van der Waals surface area (Å²) in [7, 11) is 0. The van der Waals surface area contributed by atoms with Gasteiger partial charge >= 0.3 is 0 Å². The Bertz CT molecular complexity index is 535. The monoisotopic (exact) mass is 242 g/mol. The molecule has 0 bridgehead atoms. The number of halogens is 1. The molecule has 0 aliphatic rings. The molecule has 0 heterocycles. The Kier molecular flexibility index (Phi) is 3.97. The molecule has 2 aromatic rings. The van der Waals surface area contributed by atoms with Gasteiger partial charge in [-0.1, -0.05) is 42.5 Å². The van der Waals surface area contributed by atoms with Gasteiger partial charge in [0.2, 0.25) is 0 Å². The van der Waals surface area contributed by atoms with Crippen molar-refractivity contribution in [3.8, 4) is 0 Å². The second-order valence-electron chi connectivity index (χ2n) is 3.98. The lowest BCUT2D eigenvalue weighted by molar-refractivity contribution is 0.627. The smallest absolute Gasteiger partial charge is 0.123 e. The molecule has 0 amide bonds. The van der Waals surface area contributed by atoms with Crippen LogP contribution >= 0.6 is 0 Å². The molecule has 0 spiro atoms. The number of nitrogens with one attached hydrogen (secondary N) is 1. The van der Waals surface area contributed by atoms with Crippen molar-refractivity contribution >= 4 is 5.70 Å². The average Bonchev–Trinajstić information content (AvgIpc) is 2.40. The van der Waals surface area contributed by atoms with Crippen molar-refractivity contribution in [3.63, 3.8) is 0 Å². The van der Waals surface area contributed by atoms with Gasteiger partial charge in [-0.3, -0.25) is 0 Å². The van der Waals surface area contributed by atoms with Crippen molar-refractivity contribution < 1.29 is 4.39 Å². The summed E-state index contributed by atoms with van der Waals surface area (Å²) in [6.45, 7) is 0.691. The Hall–Kier alpha value is -2.29. The molecule has 0 aliphatic carbocycles. The minimum absolute atomic E-state index is 0.285. The molecule has 2 nitrogen and oxygen atoms in total. The molecule has 0 unspecified atom stereocenters. The zero-order chi connectivity index (χ0) is 12.8. The third-order valence-electron chi connectivity index (χ3n) is 2.56. The zero-order valence-corrected chi connectivity index (χ0v) is 9.94. The van der Waals surface area contributed by atoms with Gasteiger partial charge in [0.15, 0.2) is 0 Å². The Morgan fingerprint density at radius 3 is 2.61 bits per heavy atom. The first-order valence-electron chi connectivity index (χ1n) is 5.74. The number of rotatable bonds is 4. The zero-order valence-electron chi connectivity index (χ0n) is 9.94. The maximum atomic E-state index is 13.0. The van der Waals surface area contributed by atoms with Crippen LogP contribution in [-0.2, 0) is 6.54 Å². The Morgan fingerprint density at radius 1 is 1.11 bits per heavy atom. The van der Waals surface area contributed by atoms with Gasteiger partial charge in [0.05, 0.1) is 5.70 Å². The van der Waals surface area contributed by atoms with E-state index in [-0.39, 0.29) is 5.82 Å². The quantitative estimate of drug-likeness (QED) is 0.865. The van der Waals surface area contributed by atoms with Crippen LogP contribution in [0.1, 0.15) is 11.1 Å². The fourth-order valence-electron chi connectivity index (χ4n) is 1.63. The minimum atomic E-state index is -0.285. The van der Waals surface area contributed by atoms with E-state index in [1.165, 1.54) is 17.7 Å². The number of hydrogen-bond acceptors (Lipinski definition) is 2. The first kappa shape index (κ1) is 12.2. The second kappa shape index (κ2) is 5.87. The molecule has 0 atom stereocenters. The van der Waals surface area contributed by atoms with Crippen LogP contribution in [-0.4, -0.2) is 0 Å². The molecule has 18 heavy (non-hydrogen) atoms. The summed E-state index contributed by atoms with van der Waals surface area (Å²) in [5, 5.41) is 3.11. The molecule has 0 saturated heterocycles. The SMILES string of the molecule is N/C(=C\NCc1ccccc1)c1cccc(F)c1. The Labute approximate surface area is 106 Å². The van der Waals surface area contributed by atoms with Crippen LogP contribution in [0.2, 0.25) is 0 Å². The lowest BCUT2D eigenvalue weighted by Gasteiger charge is -2.04. The molecule has 2 aromatic carbocycles. The highest BCUT2D eigenvalue weighted by Crippen LogP contribution is 2.09. The lowest BCUT2D eigenvalue weighted by Crippen LogP contribution is -2.08. The van der Waals surface area contributed by atoms with E-state index in [0.29, 0.717) is 17.8 Å². The van der Waals surface area contributed by atoms with Crippen molar-refractivity contribution in [2.45, 2.75) is 6.54 Å². The van der Waals surface area contributed by atoms with E-state index >= 15 is 0 Å².